The molecule has 1 amide bonds. The molecule has 19 heavy (non-hydrogen) atoms. The number of hydrogen-bond donors (Lipinski definition) is 1. The number of nitrogens with zero attached hydrogens (tertiary/aromatic N) is 1. The maximum Gasteiger partial charge on any atom is 0.239 e. The predicted octanol–water partition coefficient (Wildman–Crippen LogP) is 2.69. The minimum absolute atomic E-state index is 0.134. The van der Waals surface area contributed by atoms with Crippen LogP contribution < -0.4 is 5.32 Å². The van der Waals surface area contributed by atoms with Gasteiger partial charge in [-0.15, -0.1) is 0 Å². The molecule has 1 aromatic rings. The second kappa shape index (κ2) is 6.48. The highest BCUT2D eigenvalue weighted by atomic mass is 79.9. The Morgan fingerprint density at radius 3 is 2.79 bits per heavy atom. The van der Waals surface area contributed by atoms with Gasteiger partial charge >= 0.3 is 0 Å². The number of hydrogen-bond acceptors (Lipinski definition) is 2. The van der Waals surface area contributed by atoms with Crippen molar-refractivity contribution in [2.75, 3.05) is 13.1 Å². The van der Waals surface area contributed by atoms with Gasteiger partial charge in [0.2, 0.25) is 5.91 Å². The number of carbonyl (C=O) groups is 1. The summed E-state index contributed by atoms with van der Waals surface area (Å²) in [6.45, 7) is 4.07. The molecule has 104 valence electrons. The first kappa shape index (κ1) is 14.5. The van der Waals surface area contributed by atoms with Gasteiger partial charge in [0.15, 0.2) is 0 Å². The largest absolute Gasteiger partial charge is 0.341 e. The third kappa shape index (κ3) is 3.76. The molecule has 0 saturated carbocycles. The van der Waals surface area contributed by atoms with E-state index in [1.807, 2.05) is 17.9 Å². The number of carbonyl (C=O) groups excluding carboxylic acids is 1. The summed E-state index contributed by atoms with van der Waals surface area (Å²) < 4.78 is 13.8. The van der Waals surface area contributed by atoms with E-state index in [0.29, 0.717) is 11.0 Å². The molecule has 1 unspecified atom stereocenters. The molecule has 1 fully saturated rings. The number of benzene rings is 1. The van der Waals surface area contributed by atoms with Crippen molar-refractivity contribution in [1.29, 1.82) is 0 Å². The Kier molecular flexibility index (Phi) is 4.93. The van der Waals surface area contributed by atoms with Gasteiger partial charge in [-0.05, 0) is 53.4 Å². The van der Waals surface area contributed by atoms with Crippen molar-refractivity contribution in [1.82, 2.24) is 10.2 Å². The molecule has 0 aliphatic carbocycles. The lowest BCUT2D eigenvalue weighted by atomic mass is 10.2. The van der Waals surface area contributed by atoms with E-state index in [0.717, 1.165) is 31.5 Å². The third-order valence-electron chi connectivity index (χ3n) is 3.38. The normalized spacial score (nSPS) is 16.7. The van der Waals surface area contributed by atoms with Crippen LogP contribution in [0.25, 0.3) is 0 Å². The van der Waals surface area contributed by atoms with Gasteiger partial charge in [-0.25, -0.2) is 4.39 Å². The molecule has 1 atom stereocenters. The van der Waals surface area contributed by atoms with Crippen LogP contribution in [0.15, 0.2) is 22.7 Å². The van der Waals surface area contributed by atoms with E-state index in [1.54, 1.807) is 6.07 Å². The highest BCUT2D eigenvalue weighted by Gasteiger charge is 2.22. The second-order valence-electron chi connectivity index (χ2n) is 4.88. The van der Waals surface area contributed by atoms with Gasteiger partial charge in [0.25, 0.3) is 0 Å². The van der Waals surface area contributed by atoms with E-state index in [-0.39, 0.29) is 17.8 Å². The zero-order chi connectivity index (χ0) is 13.8. The molecule has 1 N–H and O–H groups in total. The van der Waals surface area contributed by atoms with Crippen molar-refractivity contribution in [3.63, 3.8) is 0 Å². The van der Waals surface area contributed by atoms with Crippen molar-refractivity contribution in [2.24, 2.45) is 0 Å². The Morgan fingerprint density at radius 2 is 2.16 bits per heavy atom. The number of amides is 1. The first-order valence-corrected chi connectivity index (χ1v) is 7.33. The Bertz CT molecular complexity index is 461. The standard InChI is InChI=1S/C14H18BrFN2O/c1-10(14(19)18-6-2-3-7-18)17-9-11-4-5-12(15)13(16)8-11/h4-5,8,10,17H,2-3,6-7,9H2,1H3. The van der Waals surface area contributed by atoms with Gasteiger partial charge < -0.3 is 10.2 Å². The van der Waals surface area contributed by atoms with Gasteiger partial charge in [-0.3, -0.25) is 4.79 Å². The van der Waals surface area contributed by atoms with Gasteiger partial charge in [0.1, 0.15) is 5.82 Å². The molecule has 0 radical (unpaired) electrons. The summed E-state index contributed by atoms with van der Waals surface area (Å²) in [6.07, 6.45) is 2.19. The SMILES string of the molecule is CC(NCc1ccc(Br)c(F)c1)C(=O)N1CCCC1. The van der Waals surface area contributed by atoms with Crippen molar-refractivity contribution >= 4 is 21.8 Å². The monoisotopic (exact) mass is 328 g/mol. The van der Waals surface area contributed by atoms with Crippen LogP contribution in [0.5, 0.6) is 0 Å². The Balaban J connectivity index is 1.87. The van der Waals surface area contributed by atoms with Crippen molar-refractivity contribution in [2.45, 2.75) is 32.4 Å². The van der Waals surface area contributed by atoms with Crippen molar-refractivity contribution < 1.29 is 9.18 Å². The van der Waals surface area contributed by atoms with E-state index >= 15 is 0 Å². The first-order chi connectivity index (χ1) is 9.08. The van der Waals surface area contributed by atoms with Crippen LogP contribution in [0.3, 0.4) is 0 Å². The lowest BCUT2D eigenvalue weighted by Gasteiger charge is -2.21. The topological polar surface area (TPSA) is 32.3 Å². The van der Waals surface area contributed by atoms with Crippen LogP contribution >= 0.6 is 15.9 Å². The lowest BCUT2D eigenvalue weighted by molar-refractivity contribution is -0.131. The quantitative estimate of drug-likeness (QED) is 0.921. The van der Waals surface area contributed by atoms with E-state index < -0.39 is 0 Å². The zero-order valence-electron chi connectivity index (χ0n) is 11.0. The third-order valence-corrected chi connectivity index (χ3v) is 4.03. The summed E-state index contributed by atoms with van der Waals surface area (Å²) in [5.74, 6) is -0.145. The molecule has 1 aliphatic heterocycles. The van der Waals surface area contributed by atoms with Crippen molar-refractivity contribution in [3.05, 3.63) is 34.1 Å². The molecular formula is C14H18BrFN2O. The Labute approximate surface area is 121 Å². The molecule has 0 spiro atoms. The zero-order valence-corrected chi connectivity index (χ0v) is 12.5. The van der Waals surface area contributed by atoms with Gasteiger partial charge in [-0.2, -0.15) is 0 Å². The van der Waals surface area contributed by atoms with E-state index in [4.69, 9.17) is 0 Å². The molecule has 2 rings (SSSR count). The second-order valence-corrected chi connectivity index (χ2v) is 5.74. The van der Waals surface area contributed by atoms with E-state index in [9.17, 15) is 9.18 Å². The van der Waals surface area contributed by atoms with Gasteiger partial charge in [-0.1, -0.05) is 6.07 Å². The predicted molar refractivity (Wildman–Crippen MR) is 76.2 cm³/mol. The molecule has 0 aromatic heterocycles. The molecule has 1 aromatic carbocycles. The molecule has 5 heteroatoms. The van der Waals surface area contributed by atoms with Gasteiger partial charge in [0.05, 0.1) is 10.5 Å². The van der Waals surface area contributed by atoms with Crippen LogP contribution in [0, 0.1) is 5.82 Å². The Morgan fingerprint density at radius 1 is 1.47 bits per heavy atom. The molecule has 1 heterocycles. The van der Waals surface area contributed by atoms with Crippen LogP contribution in [-0.4, -0.2) is 29.9 Å². The highest BCUT2D eigenvalue weighted by molar-refractivity contribution is 9.10. The molecule has 1 saturated heterocycles. The van der Waals surface area contributed by atoms with Crippen LogP contribution in [0.2, 0.25) is 0 Å². The summed E-state index contributed by atoms with van der Waals surface area (Å²) in [7, 11) is 0. The average Bonchev–Trinajstić information content (AvgIpc) is 2.93. The highest BCUT2D eigenvalue weighted by Crippen LogP contribution is 2.16. The van der Waals surface area contributed by atoms with Crippen LogP contribution in [0.4, 0.5) is 4.39 Å². The number of halogens is 2. The maximum atomic E-state index is 13.4. The maximum absolute atomic E-state index is 13.4. The minimum atomic E-state index is -0.280. The lowest BCUT2D eigenvalue weighted by Crippen LogP contribution is -2.43. The summed E-state index contributed by atoms with van der Waals surface area (Å²) in [6, 6.07) is 4.77. The van der Waals surface area contributed by atoms with Crippen molar-refractivity contribution in [3.8, 4) is 0 Å². The smallest absolute Gasteiger partial charge is 0.239 e. The van der Waals surface area contributed by atoms with E-state index in [2.05, 4.69) is 21.2 Å². The summed E-state index contributed by atoms with van der Waals surface area (Å²) in [5.41, 5.74) is 0.835. The summed E-state index contributed by atoms with van der Waals surface area (Å²) in [5, 5.41) is 3.15. The fourth-order valence-corrected chi connectivity index (χ4v) is 2.47. The molecule has 1 aliphatic rings. The first-order valence-electron chi connectivity index (χ1n) is 6.54. The van der Waals surface area contributed by atoms with E-state index in [1.165, 1.54) is 6.07 Å². The fraction of sp³-hybridized carbons (Fsp3) is 0.500. The average molecular weight is 329 g/mol. The number of rotatable bonds is 4. The minimum Gasteiger partial charge on any atom is -0.341 e. The molecule has 3 nitrogen and oxygen atoms in total. The van der Waals surface area contributed by atoms with Crippen LogP contribution in [0.1, 0.15) is 25.3 Å². The molecule has 0 bridgehead atoms. The number of likely N-dealkylation sites (tertiary alicyclic amines) is 1. The summed E-state index contributed by atoms with van der Waals surface area (Å²) in [4.78, 5) is 14.0. The summed E-state index contributed by atoms with van der Waals surface area (Å²) >= 11 is 3.12. The Hall–Kier alpha value is -0.940. The van der Waals surface area contributed by atoms with Crippen LogP contribution in [-0.2, 0) is 11.3 Å². The fourth-order valence-electron chi connectivity index (χ4n) is 2.22. The van der Waals surface area contributed by atoms with Gasteiger partial charge in [0, 0.05) is 19.6 Å². The molecular weight excluding hydrogens is 311 g/mol. The number of nitrogens with one attached hydrogen (secondary N) is 1.